The fraction of sp³-hybridized carbons (Fsp3) is 0.464. The van der Waals surface area contributed by atoms with Crippen LogP contribution in [0, 0.1) is 5.92 Å². The predicted molar refractivity (Wildman–Crippen MR) is 137 cm³/mol. The van der Waals surface area contributed by atoms with E-state index in [4.69, 9.17) is 4.74 Å². The number of hydrogen-bond donors (Lipinski definition) is 3. The number of methoxy groups -OCH3 is 1. The highest BCUT2D eigenvalue weighted by Crippen LogP contribution is 2.33. The number of hydrogen-bond acceptors (Lipinski definition) is 5. The van der Waals surface area contributed by atoms with E-state index in [2.05, 4.69) is 10.6 Å². The van der Waals surface area contributed by atoms with Crippen LogP contribution in [-0.2, 0) is 27.3 Å². The normalized spacial score (nSPS) is 18.8. The zero-order chi connectivity index (χ0) is 27.9. The molecule has 2 aromatic carbocycles. The number of aliphatic hydroxyl groups is 1. The number of aliphatic hydroxyl groups excluding tert-OH is 1. The van der Waals surface area contributed by atoms with Gasteiger partial charge in [-0.1, -0.05) is 56.3 Å². The van der Waals surface area contributed by atoms with Gasteiger partial charge in [-0.15, -0.1) is 0 Å². The van der Waals surface area contributed by atoms with Crippen LogP contribution >= 0.6 is 0 Å². The highest BCUT2D eigenvalue weighted by atomic mass is 19.3. The minimum absolute atomic E-state index is 0.0665. The van der Waals surface area contributed by atoms with Gasteiger partial charge in [0.05, 0.1) is 19.7 Å². The molecule has 0 aromatic heterocycles. The maximum Gasteiger partial charge on any atom is 0.267 e. The van der Waals surface area contributed by atoms with E-state index < -0.39 is 48.9 Å². The second-order valence-electron chi connectivity index (χ2n) is 9.67. The molecule has 206 valence electrons. The third kappa shape index (κ3) is 7.50. The largest absolute Gasteiger partial charge is 0.497 e. The number of nitrogens with zero attached hydrogens (tertiary/aromatic N) is 1. The maximum absolute atomic E-state index is 14.4. The molecule has 0 radical (unpaired) electrons. The Labute approximate surface area is 221 Å². The van der Waals surface area contributed by atoms with Crippen molar-refractivity contribution >= 4 is 17.7 Å². The molecule has 1 aliphatic heterocycles. The van der Waals surface area contributed by atoms with Crippen molar-refractivity contribution in [1.29, 1.82) is 0 Å². The predicted octanol–water partition coefficient (Wildman–Crippen LogP) is 2.68. The van der Waals surface area contributed by atoms with Crippen molar-refractivity contribution in [1.82, 2.24) is 15.5 Å². The van der Waals surface area contributed by atoms with Gasteiger partial charge in [0.2, 0.25) is 11.8 Å². The number of likely N-dealkylation sites (tertiary alicyclic amines) is 1. The van der Waals surface area contributed by atoms with Gasteiger partial charge >= 0.3 is 0 Å². The number of amides is 3. The number of ether oxygens (including phenoxy) is 1. The van der Waals surface area contributed by atoms with E-state index in [1.807, 2.05) is 6.92 Å². The number of carbonyl (C=O) groups is 3. The molecular formula is C28H35F2N3O5. The van der Waals surface area contributed by atoms with Crippen LogP contribution in [0.3, 0.4) is 0 Å². The lowest BCUT2D eigenvalue weighted by atomic mass is 9.98. The Bertz CT molecular complexity index is 1100. The van der Waals surface area contributed by atoms with Crippen molar-refractivity contribution in [3.63, 3.8) is 0 Å². The molecule has 2 aromatic rings. The first kappa shape index (κ1) is 29.0. The Balaban J connectivity index is 1.76. The zero-order valence-corrected chi connectivity index (χ0v) is 21.8. The van der Waals surface area contributed by atoms with Gasteiger partial charge in [0.15, 0.2) is 6.10 Å². The van der Waals surface area contributed by atoms with Gasteiger partial charge < -0.3 is 25.4 Å². The monoisotopic (exact) mass is 531 g/mol. The van der Waals surface area contributed by atoms with Gasteiger partial charge in [0, 0.05) is 18.9 Å². The molecule has 0 bridgehead atoms. The van der Waals surface area contributed by atoms with Crippen molar-refractivity contribution in [2.75, 3.05) is 13.7 Å². The van der Waals surface area contributed by atoms with E-state index in [0.29, 0.717) is 12.2 Å². The van der Waals surface area contributed by atoms with E-state index >= 15 is 0 Å². The number of halogens is 2. The second kappa shape index (κ2) is 12.8. The molecule has 8 nitrogen and oxygen atoms in total. The summed E-state index contributed by atoms with van der Waals surface area (Å²) in [6, 6.07) is 13.2. The van der Waals surface area contributed by atoms with Crippen LogP contribution in [0.25, 0.3) is 0 Å². The molecule has 3 amide bonds. The molecule has 3 N–H and O–H groups in total. The van der Waals surface area contributed by atoms with Crippen LogP contribution in [0.15, 0.2) is 54.6 Å². The number of nitrogens with one attached hydrogen (secondary N) is 2. The molecule has 0 saturated carbocycles. The molecule has 0 spiro atoms. The molecule has 1 fully saturated rings. The summed E-state index contributed by atoms with van der Waals surface area (Å²) in [6.45, 7) is 2.62. The molecule has 38 heavy (non-hydrogen) atoms. The Morgan fingerprint density at radius 3 is 2.37 bits per heavy atom. The average Bonchev–Trinajstić information content (AvgIpc) is 3.26. The smallest absolute Gasteiger partial charge is 0.267 e. The summed E-state index contributed by atoms with van der Waals surface area (Å²) in [5, 5.41) is 16.3. The van der Waals surface area contributed by atoms with Crippen molar-refractivity contribution in [2.45, 2.75) is 63.8 Å². The summed E-state index contributed by atoms with van der Waals surface area (Å²) >= 11 is 0. The summed E-state index contributed by atoms with van der Waals surface area (Å²) in [4.78, 5) is 39.6. The van der Waals surface area contributed by atoms with E-state index in [1.165, 1.54) is 7.11 Å². The topological polar surface area (TPSA) is 108 Å². The maximum atomic E-state index is 14.4. The lowest BCUT2D eigenvalue weighted by Crippen LogP contribution is -2.56. The van der Waals surface area contributed by atoms with Crippen molar-refractivity contribution in [3.05, 3.63) is 65.7 Å². The van der Waals surface area contributed by atoms with E-state index in [0.717, 1.165) is 16.0 Å². The Morgan fingerprint density at radius 2 is 1.76 bits per heavy atom. The van der Waals surface area contributed by atoms with Crippen LogP contribution in [0.4, 0.5) is 8.78 Å². The standard InChI is InChI=1S/C28H35F2N3O5/c1-4-18(2)25(35)32-22(14-19-8-6-5-7-9-19)24(34)27(37)33-17-28(29,30)15-23(33)26(36)31-16-20-10-12-21(38-3)13-11-20/h5-13,18,22-24,34H,4,14-17H2,1-3H3,(H,31,36)(H,32,35)/t18-,22-,23-,24-/m0/s1. The lowest BCUT2D eigenvalue weighted by molar-refractivity contribution is -0.147. The van der Waals surface area contributed by atoms with E-state index in [1.54, 1.807) is 61.5 Å². The molecule has 1 saturated heterocycles. The first-order valence-electron chi connectivity index (χ1n) is 12.7. The summed E-state index contributed by atoms with van der Waals surface area (Å²) in [5.74, 6) is -5.18. The van der Waals surface area contributed by atoms with Crippen molar-refractivity contribution < 1.29 is 33.0 Å². The summed E-state index contributed by atoms with van der Waals surface area (Å²) in [5.41, 5.74) is 1.46. The number of carbonyl (C=O) groups excluding carboxylic acids is 3. The Morgan fingerprint density at radius 1 is 1.11 bits per heavy atom. The fourth-order valence-electron chi connectivity index (χ4n) is 4.30. The van der Waals surface area contributed by atoms with Gasteiger partial charge in [-0.25, -0.2) is 8.78 Å². The summed E-state index contributed by atoms with van der Waals surface area (Å²) in [6.07, 6.45) is -2.03. The lowest BCUT2D eigenvalue weighted by Gasteiger charge is -2.30. The second-order valence-corrected chi connectivity index (χ2v) is 9.67. The number of rotatable bonds is 11. The van der Waals surface area contributed by atoms with Crippen molar-refractivity contribution in [2.24, 2.45) is 5.92 Å². The molecular weight excluding hydrogens is 496 g/mol. The van der Waals surface area contributed by atoms with Gasteiger partial charge in [0.25, 0.3) is 11.8 Å². The van der Waals surface area contributed by atoms with E-state index in [-0.39, 0.29) is 24.8 Å². The minimum Gasteiger partial charge on any atom is -0.497 e. The van der Waals surface area contributed by atoms with Crippen LogP contribution in [0.2, 0.25) is 0 Å². The quantitative estimate of drug-likeness (QED) is 0.413. The van der Waals surface area contributed by atoms with Gasteiger partial charge in [-0.2, -0.15) is 0 Å². The SMILES string of the molecule is CC[C@H](C)C(=O)N[C@@H](Cc1ccccc1)[C@H](O)C(=O)N1CC(F)(F)C[C@H]1C(=O)NCc1ccc(OC)cc1. The van der Waals surface area contributed by atoms with Crippen molar-refractivity contribution in [3.8, 4) is 5.75 Å². The third-order valence-electron chi connectivity index (χ3n) is 6.80. The average molecular weight is 532 g/mol. The molecule has 3 rings (SSSR count). The first-order chi connectivity index (χ1) is 18.0. The highest BCUT2D eigenvalue weighted by Gasteiger charge is 2.51. The zero-order valence-electron chi connectivity index (χ0n) is 21.8. The molecule has 10 heteroatoms. The minimum atomic E-state index is -3.30. The molecule has 1 heterocycles. The van der Waals surface area contributed by atoms with Crippen LogP contribution in [0.1, 0.15) is 37.8 Å². The number of benzene rings is 2. The molecule has 4 atom stereocenters. The van der Waals surface area contributed by atoms with Crippen LogP contribution in [-0.4, -0.2) is 65.5 Å². The van der Waals surface area contributed by atoms with Gasteiger partial charge in [0.1, 0.15) is 11.8 Å². The third-order valence-corrected chi connectivity index (χ3v) is 6.80. The number of alkyl halides is 2. The molecule has 1 aliphatic rings. The Kier molecular flexibility index (Phi) is 9.79. The molecule has 0 aliphatic carbocycles. The summed E-state index contributed by atoms with van der Waals surface area (Å²) in [7, 11) is 1.53. The first-order valence-corrected chi connectivity index (χ1v) is 12.7. The van der Waals surface area contributed by atoms with Crippen LogP contribution < -0.4 is 15.4 Å². The molecule has 0 unspecified atom stereocenters. The summed E-state index contributed by atoms with van der Waals surface area (Å²) < 4.78 is 34.0. The van der Waals surface area contributed by atoms with Gasteiger partial charge in [-0.05, 0) is 36.1 Å². The van der Waals surface area contributed by atoms with E-state index in [9.17, 15) is 28.3 Å². The fourth-order valence-corrected chi connectivity index (χ4v) is 4.30. The van der Waals surface area contributed by atoms with Gasteiger partial charge in [-0.3, -0.25) is 14.4 Å². The van der Waals surface area contributed by atoms with Crippen LogP contribution in [0.5, 0.6) is 5.75 Å². The highest BCUT2D eigenvalue weighted by molar-refractivity contribution is 5.91. The Hall–Kier alpha value is -3.53.